The largest absolute Gasteiger partial charge is 0.489 e. The first-order valence-corrected chi connectivity index (χ1v) is 17.0. The van der Waals surface area contributed by atoms with Gasteiger partial charge in [-0.2, -0.15) is 0 Å². The van der Waals surface area contributed by atoms with Crippen LogP contribution in [0.25, 0.3) is 0 Å². The molecule has 0 N–H and O–H groups in total. The number of hydrogen-bond acceptors (Lipinski definition) is 8. The molecular formula is C39H50O8. The van der Waals surface area contributed by atoms with E-state index >= 15 is 0 Å². The van der Waals surface area contributed by atoms with Gasteiger partial charge in [-0.25, -0.2) is 0 Å². The van der Waals surface area contributed by atoms with Gasteiger partial charge in [0, 0.05) is 18.9 Å². The summed E-state index contributed by atoms with van der Waals surface area (Å²) < 4.78 is 30.2. The van der Waals surface area contributed by atoms with Crippen molar-refractivity contribution in [3.63, 3.8) is 0 Å². The van der Waals surface area contributed by atoms with Crippen molar-refractivity contribution in [1.29, 1.82) is 0 Å². The molecule has 8 nitrogen and oxygen atoms in total. The zero-order valence-corrected chi connectivity index (χ0v) is 28.8. The van der Waals surface area contributed by atoms with E-state index in [2.05, 4.69) is 39.8 Å². The van der Waals surface area contributed by atoms with Crippen LogP contribution in [0.1, 0.15) is 84.5 Å². The maximum absolute atomic E-state index is 13.9. The Morgan fingerprint density at radius 3 is 2.45 bits per heavy atom. The number of ether oxygens (including phenoxy) is 5. The third-order valence-electron chi connectivity index (χ3n) is 10.5. The number of ketones is 1. The van der Waals surface area contributed by atoms with Crippen LogP contribution in [0.2, 0.25) is 0 Å². The average molecular weight is 647 g/mol. The molecule has 8 heteroatoms. The number of carbonyl (C=O) groups excluding carboxylic acids is 3. The van der Waals surface area contributed by atoms with Crippen LogP contribution in [0.15, 0.2) is 66.7 Å². The molecule has 1 spiro atoms. The summed E-state index contributed by atoms with van der Waals surface area (Å²) in [4.78, 5) is 39.6. The quantitative estimate of drug-likeness (QED) is 0.144. The van der Waals surface area contributed by atoms with Gasteiger partial charge in [0.25, 0.3) is 0 Å². The fraction of sp³-hybridized carbons (Fsp3) is 0.564. The fourth-order valence-electron chi connectivity index (χ4n) is 7.72. The van der Waals surface area contributed by atoms with E-state index < -0.39 is 41.1 Å². The van der Waals surface area contributed by atoms with E-state index in [4.69, 9.17) is 23.7 Å². The lowest BCUT2D eigenvalue weighted by molar-refractivity contribution is -0.218. The first-order valence-electron chi connectivity index (χ1n) is 17.0. The molecule has 2 heterocycles. The summed E-state index contributed by atoms with van der Waals surface area (Å²) >= 11 is 0. The lowest BCUT2D eigenvalue weighted by Crippen LogP contribution is -2.65. The summed E-state index contributed by atoms with van der Waals surface area (Å²) in [6, 6.07) is 18.1. The third kappa shape index (κ3) is 7.34. The van der Waals surface area contributed by atoms with Gasteiger partial charge in [-0.15, -0.1) is 0 Å². The topological polar surface area (TPSA) is 97.4 Å². The number of carbonyl (C=O) groups is 3. The lowest BCUT2D eigenvalue weighted by Gasteiger charge is -2.56. The predicted octanol–water partition coefficient (Wildman–Crippen LogP) is 7.20. The van der Waals surface area contributed by atoms with Crippen LogP contribution in [0.5, 0.6) is 5.75 Å². The maximum atomic E-state index is 13.9. The Morgan fingerprint density at radius 1 is 1.02 bits per heavy atom. The maximum Gasteiger partial charge on any atom is 0.320 e. The molecule has 0 unspecified atom stereocenters. The Bertz CT molecular complexity index is 1450. The monoisotopic (exact) mass is 646 g/mol. The molecule has 0 amide bonds. The molecular weight excluding hydrogens is 596 g/mol. The Balaban J connectivity index is 1.31. The van der Waals surface area contributed by atoms with Crippen LogP contribution in [0.4, 0.5) is 0 Å². The minimum Gasteiger partial charge on any atom is -0.489 e. The highest BCUT2D eigenvalue weighted by molar-refractivity contribution is 6.03. The molecule has 3 aliphatic rings. The van der Waals surface area contributed by atoms with E-state index in [1.807, 2.05) is 61.5 Å². The molecule has 2 aliphatic heterocycles. The molecule has 47 heavy (non-hydrogen) atoms. The number of hydrogen-bond donors (Lipinski definition) is 0. The van der Waals surface area contributed by atoms with E-state index in [-0.39, 0.29) is 42.2 Å². The van der Waals surface area contributed by atoms with E-state index in [9.17, 15) is 14.4 Å². The van der Waals surface area contributed by atoms with Crippen molar-refractivity contribution >= 4 is 17.7 Å². The molecule has 5 rings (SSSR count). The van der Waals surface area contributed by atoms with Crippen molar-refractivity contribution in [3.8, 4) is 5.75 Å². The summed E-state index contributed by atoms with van der Waals surface area (Å²) in [5.41, 5.74) is 0.422. The van der Waals surface area contributed by atoms with Crippen molar-refractivity contribution < 1.29 is 38.1 Å². The molecule has 2 aromatic carbocycles. The standard InChI is InChI=1S/C39H50O8/c1-24(16-17-31(43-7)29-14-11-15-30(20-29)44-23-28-12-9-8-10-13-28)36-25(2)18-19-39(47-36)34(35(41)26(3)22-38(39,5)6)37(42)46-32-21-33(40)45-27(32)4/h8-15,18-20,24-27,31-32,34,36H,16-17,21-23H2,1-7H3/t24-,25-,26+,27+,31-,32+,34-,36+,39+/m0/s1. The Kier molecular flexibility index (Phi) is 10.6. The molecule has 1 aliphatic carbocycles. The minimum atomic E-state index is -1.18. The minimum absolute atomic E-state index is 0.0180. The van der Waals surface area contributed by atoms with Crippen molar-refractivity contribution in [3.05, 3.63) is 77.9 Å². The summed E-state index contributed by atoms with van der Waals surface area (Å²) in [5.74, 6) is -1.79. The Morgan fingerprint density at radius 2 is 1.77 bits per heavy atom. The molecule has 1 saturated carbocycles. The van der Waals surface area contributed by atoms with Crippen LogP contribution >= 0.6 is 0 Å². The number of methoxy groups -OCH3 is 1. The summed E-state index contributed by atoms with van der Waals surface area (Å²) in [6.45, 7) is 12.5. The summed E-state index contributed by atoms with van der Waals surface area (Å²) in [6.07, 6.45) is 4.47. The SMILES string of the molecule is CO[C@@H](CC[C@H](C)[C@H]1O[C@]2(C=C[C@@H]1C)[C@H](C(=O)O[C@@H]1CC(=O)O[C@@H]1C)C(=O)[C@H](C)CC2(C)C)c1cccc(OCc2ccccc2)c1. The molecule has 0 aromatic heterocycles. The Hall–Kier alpha value is -3.49. The van der Waals surface area contributed by atoms with Crippen molar-refractivity contribution in [2.75, 3.05) is 7.11 Å². The second-order valence-electron chi connectivity index (χ2n) is 14.4. The molecule has 0 radical (unpaired) electrons. The van der Waals surface area contributed by atoms with Gasteiger partial charge in [-0.1, -0.05) is 89.2 Å². The van der Waals surface area contributed by atoms with Gasteiger partial charge >= 0.3 is 11.9 Å². The molecule has 2 fully saturated rings. The second-order valence-corrected chi connectivity index (χ2v) is 14.4. The van der Waals surface area contributed by atoms with E-state index in [1.165, 1.54) is 0 Å². The van der Waals surface area contributed by atoms with Crippen molar-refractivity contribution in [2.24, 2.45) is 29.1 Å². The molecule has 9 atom stereocenters. The normalized spacial score (nSPS) is 31.3. The lowest BCUT2D eigenvalue weighted by atomic mass is 9.55. The third-order valence-corrected chi connectivity index (χ3v) is 10.5. The van der Waals surface area contributed by atoms with E-state index in [0.29, 0.717) is 13.0 Å². The highest BCUT2D eigenvalue weighted by atomic mass is 16.6. The summed E-state index contributed by atoms with van der Waals surface area (Å²) in [7, 11) is 1.72. The Labute approximate surface area is 279 Å². The number of benzene rings is 2. The van der Waals surface area contributed by atoms with Gasteiger partial charge in [-0.3, -0.25) is 14.4 Å². The van der Waals surface area contributed by atoms with Crippen molar-refractivity contribution in [2.45, 2.75) is 104 Å². The number of Topliss-reactive ketones (excluding diaryl/α,β-unsaturated/α-hetero) is 1. The van der Waals surface area contributed by atoms with Crippen molar-refractivity contribution in [1.82, 2.24) is 0 Å². The number of cyclic esters (lactones) is 1. The number of esters is 2. The van der Waals surface area contributed by atoms with Gasteiger partial charge in [0.15, 0.2) is 5.78 Å². The first-order chi connectivity index (χ1) is 22.3. The highest BCUT2D eigenvalue weighted by Crippen LogP contribution is 2.54. The predicted molar refractivity (Wildman–Crippen MR) is 177 cm³/mol. The zero-order chi connectivity index (χ0) is 33.9. The first kappa shape index (κ1) is 34.8. The van der Waals surface area contributed by atoms with Gasteiger partial charge in [0.05, 0.1) is 18.6 Å². The smallest absolute Gasteiger partial charge is 0.320 e. The van der Waals surface area contributed by atoms with Gasteiger partial charge in [-0.05, 0) is 60.8 Å². The average Bonchev–Trinajstić information content (AvgIpc) is 3.36. The van der Waals surface area contributed by atoms with Gasteiger partial charge in [0.2, 0.25) is 0 Å². The number of rotatable bonds is 11. The van der Waals surface area contributed by atoms with E-state index in [1.54, 1.807) is 14.0 Å². The highest BCUT2D eigenvalue weighted by Gasteiger charge is 2.63. The van der Waals surface area contributed by atoms with Gasteiger partial charge < -0.3 is 23.7 Å². The summed E-state index contributed by atoms with van der Waals surface area (Å²) in [5, 5.41) is 0. The molecule has 1 saturated heterocycles. The fourth-order valence-corrected chi connectivity index (χ4v) is 7.72. The second kappa shape index (κ2) is 14.3. The van der Waals surface area contributed by atoms with Crippen LogP contribution in [0.3, 0.4) is 0 Å². The van der Waals surface area contributed by atoms with Crippen LogP contribution in [-0.4, -0.2) is 48.7 Å². The van der Waals surface area contributed by atoms with Crippen LogP contribution in [-0.2, 0) is 39.9 Å². The zero-order valence-electron chi connectivity index (χ0n) is 28.8. The molecule has 2 aromatic rings. The van der Waals surface area contributed by atoms with Crippen LogP contribution in [0, 0.1) is 29.1 Å². The van der Waals surface area contributed by atoms with E-state index in [0.717, 1.165) is 29.7 Å². The molecule has 254 valence electrons. The van der Waals surface area contributed by atoms with Crippen LogP contribution < -0.4 is 4.74 Å². The molecule has 0 bridgehead atoms. The van der Waals surface area contributed by atoms with Gasteiger partial charge in [0.1, 0.15) is 36.1 Å².